The van der Waals surface area contributed by atoms with Crippen LogP contribution in [0.5, 0.6) is 0 Å². The lowest BCUT2D eigenvalue weighted by molar-refractivity contribution is -0.133. The monoisotopic (exact) mass is 330 g/mol. The maximum absolute atomic E-state index is 12.3. The SMILES string of the molecule is CC(=O)N(C)CC(=O)NC(Cc1ccccc1)c1sccc1C. The van der Waals surface area contributed by atoms with Crippen LogP contribution in [0.2, 0.25) is 0 Å². The number of carbonyl (C=O) groups is 2. The van der Waals surface area contributed by atoms with Gasteiger partial charge in [-0.05, 0) is 35.9 Å². The van der Waals surface area contributed by atoms with Gasteiger partial charge in [0.15, 0.2) is 0 Å². The molecule has 122 valence electrons. The fourth-order valence-corrected chi connectivity index (χ4v) is 3.35. The highest BCUT2D eigenvalue weighted by atomic mass is 32.1. The van der Waals surface area contributed by atoms with Gasteiger partial charge in [0.25, 0.3) is 0 Å². The molecule has 0 fully saturated rings. The van der Waals surface area contributed by atoms with E-state index in [0.717, 1.165) is 11.3 Å². The van der Waals surface area contributed by atoms with Gasteiger partial charge in [0.2, 0.25) is 11.8 Å². The zero-order valence-electron chi connectivity index (χ0n) is 13.7. The molecule has 1 heterocycles. The largest absolute Gasteiger partial charge is 0.347 e. The predicted octanol–water partition coefficient (Wildman–Crippen LogP) is 2.93. The van der Waals surface area contributed by atoms with Crippen LogP contribution in [0, 0.1) is 6.92 Å². The lowest BCUT2D eigenvalue weighted by Crippen LogP contribution is -2.39. The van der Waals surface area contributed by atoms with Gasteiger partial charge < -0.3 is 10.2 Å². The molecule has 0 radical (unpaired) electrons. The van der Waals surface area contributed by atoms with Crippen LogP contribution in [0.25, 0.3) is 0 Å². The van der Waals surface area contributed by atoms with Crippen molar-refractivity contribution < 1.29 is 9.59 Å². The number of thiophene rings is 1. The Balaban J connectivity index is 2.13. The molecule has 0 saturated heterocycles. The molecular weight excluding hydrogens is 308 g/mol. The number of nitrogens with one attached hydrogen (secondary N) is 1. The van der Waals surface area contributed by atoms with E-state index in [4.69, 9.17) is 0 Å². The summed E-state index contributed by atoms with van der Waals surface area (Å²) < 4.78 is 0. The summed E-state index contributed by atoms with van der Waals surface area (Å²) >= 11 is 1.65. The summed E-state index contributed by atoms with van der Waals surface area (Å²) in [5, 5.41) is 5.11. The van der Waals surface area contributed by atoms with Crippen LogP contribution in [0.1, 0.15) is 29.0 Å². The summed E-state index contributed by atoms with van der Waals surface area (Å²) in [5.41, 5.74) is 2.35. The van der Waals surface area contributed by atoms with E-state index >= 15 is 0 Å². The number of nitrogens with zero attached hydrogens (tertiary/aromatic N) is 1. The van der Waals surface area contributed by atoms with Crippen LogP contribution in [-0.2, 0) is 16.0 Å². The summed E-state index contributed by atoms with van der Waals surface area (Å²) in [6.45, 7) is 3.58. The molecule has 0 spiro atoms. The Morgan fingerprint density at radius 3 is 2.48 bits per heavy atom. The number of rotatable bonds is 6. The lowest BCUT2D eigenvalue weighted by atomic mass is 10.0. The molecule has 0 aliphatic heterocycles. The number of benzene rings is 1. The van der Waals surface area contributed by atoms with Crippen LogP contribution in [0.15, 0.2) is 41.8 Å². The standard InChI is InChI=1S/C18H22N2O2S/c1-13-9-10-23-18(13)16(11-15-7-5-4-6-8-15)19-17(22)12-20(3)14(2)21/h4-10,16H,11-12H2,1-3H3,(H,19,22). The minimum atomic E-state index is -0.142. The zero-order valence-corrected chi connectivity index (χ0v) is 14.5. The maximum Gasteiger partial charge on any atom is 0.240 e. The smallest absolute Gasteiger partial charge is 0.240 e. The van der Waals surface area contributed by atoms with E-state index in [2.05, 4.69) is 30.4 Å². The molecule has 4 nitrogen and oxygen atoms in total. The number of amides is 2. The number of aryl methyl sites for hydroxylation is 1. The summed E-state index contributed by atoms with van der Waals surface area (Å²) in [6.07, 6.45) is 0.734. The molecular formula is C18H22N2O2S. The van der Waals surface area contributed by atoms with E-state index in [9.17, 15) is 9.59 Å². The Hall–Kier alpha value is -2.14. The minimum absolute atomic E-state index is 0.0745. The highest BCUT2D eigenvalue weighted by molar-refractivity contribution is 7.10. The Kier molecular flexibility index (Phi) is 5.93. The van der Waals surface area contributed by atoms with Crippen LogP contribution < -0.4 is 5.32 Å². The highest BCUT2D eigenvalue weighted by Crippen LogP contribution is 2.26. The second-order valence-electron chi connectivity index (χ2n) is 5.65. The molecule has 5 heteroatoms. The first-order valence-electron chi connectivity index (χ1n) is 7.56. The Bertz CT molecular complexity index is 667. The number of hydrogen-bond acceptors (Lipinski definition) is 3. The van der Waals surface area contributed by atoms with Crippen molar-refractivity contribution in [1.82, 2.24) is 10.2 Å². The van der Waals surface area contributed by atoms with Crippen molar-refractivity contribution in [2.45, 2.75) is 26.3 Å². The van der Waals surface area contributed by atoms with Crippen molar-refractivity contribution in [2.24, 2.45) is 0 Å². The van der Waals surface area contributed by atoms with Crippen LogP contribution in [-0.4, -0.2) is 30.3 Å². The fraction of sp³-hybridized carbons (Fsp3) is 0.333. The second kappa shape index (κ2) is 7.92. The quantitative estimate of drug-likeness (QED) is 0.885. The van der Waals surface area contributed by atoms with Gasteiger partial charge in [-0.15, -0.1) is 11.3 Å². The molecule has 1 aromatic heterocycles. The van der Waals surface area contributed by atoms with Crippen LogP contribution >= 0.6 is 11.3 Å². The van der Waals surface area contributed by atoms with E-state index in [0.29, 0.717) is 0 Å². The Morgan fingerprint density at radius 2 is 1.91 bits per heavy atom. The van der Waals surface area contributed by atoms with E-state index in [1.807, 2.05) is 23.6 Å². The normalized spacial score (nSPS) is 11.8. The van der Waals surface area contributed by atoms with Crippen molar-refractivity contribution >= 4 is 23.2 Å². The number of likely N-dealkylation sites (N-methyl/N-ethyl adjacent to an activating group) is 1. The van der Waals surface area contributed by atoms with Gasteiger partial charge in [-0.1, -0.05) is 30.3 Å². The molecule has 2 aromatic rings. The summed E-state index contributed by atoms with van der Waals surface area (Å²) in [7, 11) is 1.63. The van der Waals surface area contributed by atoms with Gasteiger partial charge in [0.1, 0.15) is 0 Å². The van der Waals surface area contributed by atoms with E-state index in [1.54, 1.807) is 18.4 Å². The van der Waals surface area contributed by atoms with Crippen LogP contribution in [0.3, 0.4) is 0 Å². The first-order chi connectivity index (χ1) is 11.0. The van der Waals surface area contributed by atoms with Gasteiger partial charge in [0, 0.05) is 18.8 Å². The molecule has 1 atom stereocenters. The van der Waals surface area contributed by atoms with Crippen molar-refractivity contribution in [2.75, 3.05) is 13.6 Å². The third-order valence-corrected chi connectivity index (χ3v) is 4.89. The van der Waals surface area contributed by atoms with Crippen LogP contribution in [0.4, 0.5) is 0 Å². The van der Waals surface area contributed by atoms with Gasteiger partial charge >= 0.3 is 0 Å². The molecule has 1 unspecified atom stereocenters. The Labute approximate surface area is 141 Å². The second-order valence-corrected chi connectivity index (χ2v) is 6.60. The molecule has 1 aromatic carbocycles. The van der Waals surface area contributed by atoms with Crippen molar-refractivity contribution in [3.8, 4) is 0 Å². The maximum atomic E-state index is 12.3. The molecule has 0 saturated carbocycles. The van der Waals surface area contributed by atoms with E-state index in [1.165, 1.54) is 23.0 Å². The zero-order chi connectivity index (χ0) is 16.8. The lowest BCUT2D eigenvalue weighted by Gasteiger charge is -2.21. The minimum Gasteiger partial charge on any atom is -0.347 e. The van der Waals surface area contributed by atoms with Gasteiger partial charge in [-0.2, -0.15) is 0 Å². The average molecular weight is 330 g/mol. The third kappa shape index (κ3) is 4.93. The Morgan fingerprint density at radius 1 is 1.22 bits per heavy atom. The molecule has 2 rings (SSSR count). The fourth-order valence-electron chi connectivity index (χ4n) is 2.37. The topological polar surface area (TPSA) is 49.4 Å². The summed E-state index contributed by atoms with van der Waals surface area (Å²) in [4.78, 5) is 26.1. The van der Waals surface area contributed by atoms with Gasteiger partial charge in [-0.25, -0.2) is 0 Å². The number of hydrogen-bond donors (Lipinski definition) is 1. The first-order valence-corrected chi connectivity index (χ1v) is 8.44. The first kappa shape index (κ1) is 17.2. The third-order valence-electron chi connectivity index (χ3n) is 3.75. The van der Waals surface area contributed by atoms with E-state index < -0.39 is 0 Å². The molecule has 2 amide bonds. The summed E-state index contributed by atoms with van der Waals surface area (Å²) in [6, 6.07) is 12.1. The van der Waals surface area contributed by atoms with Gasteiger partial charge in [0.05, 0.1) is 12.6 Å². The number of carbonyl (C=O) groups excluding carboxylic acids is 2. The highest BCUT2D eigenvalue weighted by Gasteiger charge is 2.19. The molecule has 0 aliphatic carbocycles. The van der Waals surface area contributed by atoms with Crippen molar-refractivity contribution in [3.05, 3.63) is 57.8 Å². The van der Waals surface area contributed by atoms with Crippen molar-refractivity contribution in [3.63, 3.8) is 0 Å². The van der Waals surface area contributed by atoms with Gasteiger partial charge in [-0.3, -0.25) is 9.59 Å². The summed E-state index contributed by atoms with van der Waals surface area (Å²) in [5.74, 6) is -0.261. The molecule has 23 heavy (non-hydrogen) atoms. The van der Waals surface area contributed by atoms with E-state index in [-0.39, 0.29) is 24.4 Å². The molecule has 0 aliphatic rings. The molecule has 1 N–H and O–H groups in total. The van der Waals surface area contributed by atoms with Crippen molar-refractivity contribution in [1.29, 1.82) is 0 Å². The molecule has 0 bridgehead atoms. The predicted molar refractivity (Wildman–Crippen MR) is 93.4 cm³/mol. The average Bonchev–Trinajstić information content (AvgIpc) is 2.93.